The first-order valence-corrected chi connectivity index (χ1v) is 20.7. The Kier molecular flexibility index (Phi) is 7.85. The third kappa shape index (κ3) is 5.07. The second kappa shape index (κ2) is 13.7. The predicted octanol–water partition coefficient (Wildman–Crippen LogP) is 13.6. The molecule has 2 unspecified atom stereocenters. The zero-order chi connectivity index (χ0) is 39.6. The molecule has 4 heteroatoms. The smallest absolute Gasteiger partial charge is 0.164 e. The molecule has 2 heterocycles. The van der Waals surface area contributed by atoms with Crippen molar-refractivity contribution in [2.45, 2.75) is 11.8 Å². The number of nitrogens with zero attached hydrogens (tertiary/aromatic N) is 4. The highest BCUT2D eigenvalue weighted by Crippen LogP contribution is 2.62. The number of fused-ring (bicyclic) bond motifs is 10. The number of hydrogen-bond donors (Lipinski definition) is 0. The summed E-state index contributed by atoms with van der Waals surface area (Å²) >= 11 is 0. The van der Waals surface area contributed by atoms with Gasteiger partial charge < -0.3 is 4.57 Å². The van der Waals surface area contributed by atoms with E-state index < -0.39 is 5.41 Å². The number of para-hydroxylation sites is 1. The van der Waals surface area contributed by atoms with Gasteiger partial charge in [-0.2, -0.15) is 0 Å². The van der Waals surface area contributed by atoms with Gasteiger partial charge >= 0.3 is 0 Å². The topological polar surface area (TPSA) is 43.6 Å². The fourth-order valence-electron chi connectivity index (χ4n) is 10.2. The Morgan fingerprint density at radius 3 is 1.68 bits per heavy atom. The third-order valence-electron chi connectivity index (χ3n) is 12.7. The minimum absolute atomic E-state index is 0.231. The highest BCUT2D eigenvalue weighted by Gasteiger charge is 2.51. The quantitative estimate of drug-likeness (QED) is 0.169. The van der Waals surface area contributed by atoms with Crippen LogP contribution in [0.1, 0.15) is 23.1 Å². The summed E-state index contributed by atoms with van der Waals surface area (Å²) in [6, 6.07) is 67.5. The molecule has 10 aromatic rings. The summed E-state index contributed by atoms with van der Waals surface area (Å²) in [7, 11) is 0. The van der Waals surface area contributed by atoms with E-state index in [1.165, 1.54) is 60.4 Å². The third-order valence-corrected chi connectivity index (χ3v) is 12.7. The Balaban J connectivity index is 1.12. The van der Waals surface area contributed by atoms with Crippen molar-refractivity contribution in [1.82, 2.24) is 19.5 Å². The molecule has 0 aliphatic heterocycles. The van der Waals surface area contributed by atoms with Crippen LogP contribution in [0.5, 0.6) is 0 Å². The van der Waals surface area contributed by atoms with E-state index in [4.69, 9.17) is 15.0 Å². The maximum atomic E-state index is 5.03. The van der Waals surface area contributed by atoms with Gasteiger partial charge in [-0.3, -0.25) is 0 Å². The van der Waals surface area contributed by atoms with Gasteiger partial charge in [-0.25, -0.2) is 15.0 Å². The summed E-state index contributed by atoms with van der Waals surface area (Å²) in [6.07, 6.45) is 10.2. The first-order chi connectivity index (χ1) is 29.8. The van der Waals surface area contributed by atoms with Crippen LogP contribution in [0.15, 0.2) is 212 Å². The monoisotopic (exact) mass is 766 g/mol. The number of hydrogen-bond acceptors (Lipinski definition) is 3. The molecule has 0 radical (unpaired) electrons. The summed E-state index contributed by atoms with van der Waals surface area (Å²) < 4.78 is 2.48. The van der Waals surface area contributed by atoms with E-state index in [2.05, 4.69) is 156 Å². The maximum absolute atomic E-state index is 5.03. The number of aromatic nitrogens is 4. The second-order valence-corrected chi connectivity index (χ2v) is 15.8. The second-order valence-electron chi connectivity index (χ2n) is 15.8. The van der Waals surface area contributed by atoms with Crippen molar-refractivity contribution in [3.05, 3.63) is 229 Å². The Bertz CT molecular complexity index is 3270. The molecule has 8 aromatic carbocycles. The molecule has 0 fully saturated rings. The van der Waals surface area contributed by atoms with Crippen molar-refractivity contribution >= 4 is 32.6 Å². The number of rotatable bonds is 6. The van der Waals surface area contributed by atoms with Gasteiger partial charge in [-0.1, -0.05) is 182 Å². The van der Waals surface area contributed by atoms with Gasteiger partial charge in [0.25, 0.3) is 0 Å². The lowest BCUT2D eigenvalue weighted by molar-refractivity contribution is 0.460. The van der Waals surface area contributed by atoms with Crippen molar-refractivity contribution in [3.8, 4) is 51.0 Å². The summed E-state index contributed by atoms with van der Waals surface area (Å²) in [4.78, 5) is 15.0. The van der Waals surface area contributed by atoms with Crippen LogP contribution in [0.4, 0.5) is 0 Å². The van der Waals surface area contributed by atoms with E-state index in [0.717, 1.165) is 28.8 Å². The van der Waals surface area contributed by atoms with Crippen LogP contribution < -0.4 is 0 Å². The van der Waals surface area contributed by atoms with E-state index in [1.807, 2.05) is 60.7 Å². The Labute approximate surface area is 348 Å². The fourth-order valence-corrected chi connectivity index (χ4v) is 10.2. The molecule has 2 aromatic heterocycles. The van der Waals surface area contributed by atoms with Crippen molar-refractivity contribution in [2.24, 2.45) is 5.92 Å². The van der Waals surface area contributed by atoms with Crippen LogP contribution in [-0.4, -0.2) is 19.5 Å². The molecule has 0 spiro atoms. The van der Waals surface area contributed by atoms with E-state index >= 15 is 0 Å². The van der Waals surface area contributed by atoms with Gasteiger partial charge in [0.15, 0.2) is 17.5 Å². The molecule has 12 rings (SSSR count). The Morgan fingerprint density at radius 2 is 1.03 bits per heavy atom. The molecule has 2 atom stereocenters. The molecule has 282 valence electrons. The molecule has 0 N–H and O–H groups in total. The molecule has 4 nitrogen and oxygen atoms in total. The lowest BCUT2D eigenvalue weighted by Crippen LogP contribution is -2.35. The molecule has 0 saturated carbocycles. The van der Waals surface area contributed by atoms with Crippen molar-refractivity contribution in [3.63, 3.8) is 0 Å². The fraction of sp³-hybridized carbons (Fsp3) is 0.0536. The molecular weight excluding hydrogens is 729 g/mol. The van der Waals surface area contributed by atoms with Crippen molar-refractivity contribution in [1.29, 1.82) is 0 Å². The number of benzene rings is 8. The van der Waals surface area contributed by atoms with Gasteiger partial charge in [0.1, 0.15) is 0 Å². The normalized spacial score (nSPS) is 16.7. The highest BCUT2D eigenvalue weighted by atomic mass is 15.0. The Hall–Kier alpha value is -7.69. The lowest BCUT2D eigenvalue weighted by Gasteiger charge is -2.40. The summed E-state index contributed by atoms with van der Waals surface area (Å²) in [5, 5.41) is 5.07. The van der Waals surface area contributed by atoms with Crippen LogP contribution in [0.3, 0.4) is 0 Å². The van der Waals surface area contributed by atoms with E-state index in [0.29, 0.717) is 17.5 Å². The molecular formula is C56H38N4. The molecule has 2 aliphatic rings. The molecule has 0 saturated heterocycles. The van der Waals surface area contributed by atoms with Gasteiger partial charge in [-0.05, 0) is 75.9 Å². The summed E-state index contributed by atoms with van der Waals surface area (Å²) in [5.41, 5.74) is 12.7. The van der Waals surface area contributed by atoms with E-state index in [1.54, 1.807) is 0 Å². The largest absolute Gasteiger partial charge is 0.309 e. The van der Waals surface area contributed by atoms with E-state index in [9.17, 15) is 0 Å². The maximum Gasteiger partial charge on any atom is 0.164 e. The van der Waals surface area contributed by atoms with E-state index in [-0.39, 0.29) is 5.92 Å². The zero-order valence-electron chi connectivity index (χ0n) is 32.8. The van der Waals surface area contributed by atoms with Crippen LogP contribution in [-0.2, 0) is 5.41 Å². The van der Waals surface area contributed by atoms with Gasteiger partial charge in [0.2, 0.25) is 0 Å². The lowest BCUT2D eigenvalue weighted by atomic mass is 9.61. The summed E-state index contributed by atoms with van der Waals surface area (Å²) in [6.45, 7) is 0. The first-order valence-electron chi connectivity index (χ1n) is 20.7. The summed E-state index contributed by atoms with van der Waals surface area (Å²) in [5.74, 6) is 2.17. The minimum Gasteiger partial charge on any atom is -0.309 e. The van der Waals surface area contributed by atoms with Gasteiger partial charge in [-0.15, -0.1) is 0 Å². The van der Waals surface area contributed by atoms with Crippen molar-refractivity contribution in [2.75, 3.05) is 0 Å². The van der Waals surface area contributed by atoms with Crippen LogP contribution >= 0.6 is 0 Å². The molecule has 0 bridgehead atoms. The van der Waals surface area contributed by atoms with Crippen molar-refractivity contribution < 1.29 is 0 Å². The predicted molar refractivity (Wildman–Crippen MR) is 246 cm³/mol. The van der Waals surface area contributed by atoms with Crippen LogP contribution in [0.2, 0.25) is 0 Å². The highest BCUT2D eigenvalue weighted by molar-refractivity contribution is 6.27. The molecule has 0 amide bonds. The average Bonchev–Trinajstić information content (AvgIpc) is 3.85. The zero-order valence-corrected chi connectivity index (χ0v) is 32.8. The standard InChI is InChI=1S/C56H38N4/c1-5-19-37(20-6-1)53-57-54(38-21-7-2-8-22-38)59-55(58-53)39-33-35-42(36-34-39)60-48-32-18-16-30-46(48)50-49-45-29-15-17-31-47(45)56(40-23-9-3-10-24-40,41-25-11-4-12-26-41)51(49)43-27-13-14-28-44(43)52(50)60/h1-25,27-36,41H,26H2. The molecule has 60 heavy (non-hydrogen) atoms. The van der Waals surface area contributed by atoms with Gasteiger partial charge in [0.05, 0.1) is 16.4 Å². The van der Waals surface area contributed by atoms with Gasteiger partial charge in [0, 0.05) is 38.5 Å². The SMILES string of the molecule is C1=CCC(C2(c3ccccc3)c3ccccc3-c3c2c2ccccc2c2c3c3ccccc3n2-c2ccc(-c3nc(-c4ccccc4)nc(-c4ccccc4)n3)cc2)C=C1. The van der Waals surface area contributed by atoms with Crippen LogP contribution in [0, 0.1) is 5.92 Å². The number of allylic oxidation sites excluding steroid dienone is 4. The average molecular weight is 767 g/mol. The minimum atomic E-state index is -0.394. The Morgan fingerprint density at radius 1 is 0.483 bits per heavy atom. The molecule has 2 aliphatic carbocycles. The van der Waals surface area contributed by atoms with Crippen LogP contribution in [0.25, 0.3) is 83.6 Å². The first kappa shape index (κ1) is 34.4.